The molecule has 1 aromatic rings. The molecule has 5 aliphatic rings. The van der Waals surface area contributed by atoms with Gasteiger partial charge < -0.3 is 20.4 Å². The predicted molar refractivity (Wildman–Crippen MR) is 123 cm³/mol. The number of amides is 4. The second kappa shape index (κ2) is 7.13. The van der Waals surface area contributed by atoms with E-state index in [1.165, 1.54) is 36.8 Å². The highest BCUT2D eigenvalue weighted by molar-refractivity contribution is 5.75. The summed E-state index contributed by atoms with van der Waals surface area (Å²) in [4.78, 5) is 29.7. The Balaban J connectivity index is 1.14. The lowest BCUT2D eigenvalue weighted by Gasteiger charge is -2.49. The first-order valence-electron chi connectivity index (χ1n) is 12.5. The van der Waals surface area contributed by atoms with Crippen LogP contribution < -0.4 is 10.6 Å². The summed E-state index contributed by atoms with van der Waals surface area (Å²) in [5, 5.41) is 6.26. The number of benzene rings is 1. The van der Waals surface area contributed by atoms with Gasteiger partial charge in [0.05, 0.1) is 0 Å². The summed E-state index contributed by atoms with van der Waals surface area (Å²) >= 11 is 0. The van der Waals surface area contributed by atoms with Crippen molar-refractivity contribution >= 4 is 12.1 Å². The molecule has 1 aromatic carbocycles. The van der Waals surface area contributed by atoms with Crippen LogP contribution in [0.25, 0.3) is 0 Å². The van der Waals surface area contributed by atoms with Crippen LogP contribution in [0.5, 0.6) is 0 Å². The van der Waals surface area contributed by atoms with E-state index in [2.05, 4.69) is 41.8 Å². The van der Waals surface area contributed by atoms with Crippen molar-refractivity contribution in [2.75, 3.05) is 26.7 Å². The van der Waals surface area contributed by atoms with E-state index in [9.17, 15) is 9.59 Å². The molecule has 6 nitrogen and oxygen atoms in total. The van der Waals surface area contributed by atoms with E-state index in [0.717, 1.165) is 38.4 Å². The van der Waals surface area contributed by atoms with Gasteiger partial charge in [-0.25, -0.2) is 9.59 Å². The lowest BCUT2D eigenvalue weighted by molar-refractivity contribution is 0.107. The Labute approximate surface area is 191 Å². The molecule has 0 radical (unpaired) electrons. The minimum atomic E-state index is -0.0601. The molecule has 172 valence electrons. The quantitative estimate of drug-likeness (QED) is 0.705. The first-order chi connectivity index (χ1) is 15.4. The van der Waals surface area contributed by atoms with Crippen molar-refractivity contribution in [2.45, 2.75) is 63.5 Å². The Morgan fingerprint density at radius 2 is 1.81 bits per heavy atom. The molecule has 2 spiro atoms. The van der Waals surface area contributed by atoms with Gasteiger partial charge in [-0.2, -0.15) is 0 Å². The van der Waals surface area contributed by atoms with Crippen LogP contribution in [0.1, 0.15) is 56.6 Å². The third kappa shape index (κ3) is 3.05. The monoisotopic (exact) mass is 436 g/mol. The molecule has 5 unspecified atom stereocenters. The van der Waals surface area contributed by atoms with Crippen LogP contribution in [0.4, 0.5) is 9.59 Å². The molecule has 2 aliphatic heterocycles. The zero-order chi connectivity index (χ0) is 22.1. The average Bonchev–Trinajstić information content (AvgIpc) is 3.36. The fourth-order valence-corrected chi connectivity index (χ4v) is 8.07. The molecule has 3 aliphatic carbocycles. The van der Waals surface area contributed by atoms with E-state index < -0.39 is 0 Å². The van der Waals surface area contributed by atoms with Crippen molar-refractivity contribution < 1.29 is 9.59 Å². The number of fused-ring (bicyclic) bond motifs is 3. The third-order valence-electron chi connectivity index (χ3n) is 9.71. The number of likely N-dealkylation sites (tertiary alicyclic amines) is 1. The number of carbonyl (C=O) groups is 2. The number of piperidine rings is 1. The largest absolute Gasteiger partial charge is 0.341 e. The summed E-state index contributed by atoms with van der Waals surface area (Å²) < 4.78 is 0. The van der Waals surface area contributed by atoms with Gasteiger partial charge in [-0.05, 0) is 72.8 Å². The predicted octanol–water partition coefficient (Wildman–Crippen LogP) is 3.71. The first kappa shape index (κ1) is 20.4. The number of rotatable bonds is 1. The lowest BCUT2D eigenvalue weighted by atomic mass is 9.69. The van der Waals surface area contributed by atoms with Crippen molar-refractivity contribution in [2.24, 2.45) is 23.2 Å². The zero-order valence-electron chi connectivity index (χ0n) is 19.4. The van der Waals surface area contributed by atoms with Gasteiger partial charge in [-0.15, -0.1) is 0 Å². The van der Waals surface area contributed by atoms with E-state index in [4.69, 9.17) is 0 Å². The molecule has 1 saturated heterocycles. The van der Waals surface area contributed by atoms with Crippen LogP contribution in [0.2, 0.25) is 0 Å². The Kier molecular flexibility index (Phi) is 4.54. The maximum atomic E-state index is 13.3. The molecule has 6 rings (SSSR count). The summed E-state index contributed by atoms with van der Waals surface area (Å²) in [6.07, 6.45) is 7.21. The van der Waals surface area contributed by atoms with Crippen LogP contribution in [0, 0.1) is 23.2 Å². The third-order valence-corrected chi connectivity index (χ3v) is 9.71. The maximum Gasteiger partial charge on any atom is 0.317 e. The fraction of sp³-hybridized carbons (Fsp3) is 0.692. The van der Waals surface area contributed by atoms with Gasteiger partial charge in [0.25, 0.3) is 0 Å². The molecule has 2 heterocycles. The van der Waals surface area contributed by atoms with E-state index >= 15 is 0 Å². The summed E-state index contributed by atoms with van der Waals surface area (Å²) in [5.41, 5.74) is 3.21. The fourth-order valence-electron chi connectivity index (χ4n) is 8.07. The molecule has 5 atom stereocenters. The average molecular weight is 437 g/mol. The van der Waals surface area contributed by atoms with Crippen LogP contribution in [-0.4, -0.2) is 54.6 Å². The zero-order valence-corrected chi connectivity index (χ0v) is 19.4. The second-order valence-electron chi connectivity index (χ2n) is 11.5. The van der Waals surface area contributed by atoms with Crippen molar-refractivity contribution in [1.29, 1.82) is 0 Å². The number of nitrogens with one attached hydrogen (secondary N) is 2. The van der Waals surface area contributed by atoms with Gasteiger partial charge >= 0.3 is 12.1 Å². The molecule has 4 fully saturated rings. The standard InChI is InChI=1S/C26H36N4O2/c1-17-12-26-13-19(11-20(26)14-26)22(17)28-24(32)29-9-7-25(8-10-29)16-30(23(31)27-2)15-18-5-3-4-6-21(18)25/h3-6,17,19-20,22H,7-16H2,1-2H3,(H,27,31)(H,28,32). The second-order valence-corrected chi connectivity index (χ2v) is 11.5. The van der Waals surface area contributed by atoms with Gasteiger partial charge in [0.15, 0.2) is 0 Å². The number of urea groups is 2. The van der Waals surface area contributed by atoms with Crippen LogP contribution in [0.15, 0.2) is 24.3 Å². The smallest absolute Gasteiger partial charge is 0.317 e. The molecule has 2 N–H and O–H groups in total. The Morgan fingerprint density at radius 3 is 2.59 bits per heavy atom. The highest BCUT2D eigenvalue weighted by Crippen LogP contribution is 2.71. The molecule has 4 amide bonds. The molecule has 6 heteroatoms. The normalized spacial score (nSPS) is 36.3. The highest BCUT2D eigenvalue weighted by Gasteiger charge is 2.64. The molecule has 0 aromatic heterocycles. The summed E-state index contributed by atoms with van der Waals surface area (Å²) in [6, 6.07) is 9.00. The van der Waals surface area contributed by atoms with Crippen molar-refractivity contribution in [3.05, 3.63) is 35.4 Å². The maximum absolute atomic E-state index is 13.3. The van der Waals surface area contributed by atoms with E-state index in [1.807, 2.05) is 9.80 Å². The minimum Gasteiger partial charge on any atom is -0.341 e. The van der Waals surface area contributed by atoms with Crippen molar-refractivity contribution in [3.63, 3.8) is 0 Å². The van der Waals surface area contributed by atoms with Crippen molar-refractivity contribution in [3.8, 4) is 0 Å². The summed E-state index contributed by atoms with van der Waals surface area (Å²) in [7, 11) is 1.70. The van der Waals surface area contributed by atoms with Crippen LogP contribution >= 0.6 is 0 Å². The molecule has 32 heavy (non-hydrogen) atoms. The molecule has 3 saturated carbocycles. The number of hydrogen-bond acceptors (Lipinski definition) is 2. The molecule has 2 bridgehead atoms. The SMILES string of the molecule is CNC(=O)N1Cc2ccccc2C2(CCN(C(=O)NC3C(C)CC45CC3CC4C5)CC2)C1. The summed E-state index contributed by atoms with van der Waals surface area (Å²) in [5.74, 6) is 2.22. The van der Waals surface area contributed by atoms with E-state index in [-0.39, 0.29) is 17.5 Å². The molecular weight excluding hydrogens is 400 g/mol. The van der Waals surface area contributed by atoms with Crippen molar-refractivity contribution in [1.82, 2.24) is 20.4 Å². The Morgan fingerprint density at radius 1 is 1.03 bits per heavy atom. The van der Waals surface area contributed by atoms with Gasteiger partial charge in [0.2, 0.25) is 0 Å². The summed E-state index contributed by atoms with van der Waals surface area (Å²) in [6.45, 7) is 5.23. The first-order valence-corrected chi connectivity index (χ1v) is 12.5. The van der Waals surface area contributed by atoms with Gasteiger partial charge in [-0.1, -0.05) is 31.2 Å². The topological polar surface area (TPSA) is 64.7 Å². The highest BCUT2D eigenvalue weighted by atomic mass is 16.2. The van der Waals surface area contributed by atoms with E-state index in [1.54, 1.807) is 7.05 Å². The number of hydrogen-bond donors (Lipinski definition) is 2. The van der Waals surface area contributed by atoms with Crippen LogP contribution in [-0.2, 0) is 12.0 Å². The minimum absolute atomic E-state index is 0.0160. The van der Waals surface area contributed by atoms with Crippen LogP contribution in [0.3, 0.4) is 0 Å². The Bertz CT molecular complexity index is 940. The van der Waals surface area contributed by atoms with E-state index in [0.29, 0.717) is 29.8 Å². The number of carbonyl (C=O) groups excluding carboxylic acids is 2. The number of nitrogens with zero attached hydrogens (tertiary/aromatic N) is 2. The lowest BCUT2D eigenvalue weighted by Crippen LogP contribution is -2.58. The van der Waals surface area contributed by atoms with Gasteiger partial charge in [0, 0.05) is 44.7 Å². The van der Waals surface area contributed by atoms with Gasteiger partial charge in [-0.3, -0.25) is 0 Å². The van der Waals surface area contributed by atoms with Gasteiger partial charge in [0.1, 0.15) is 0 Å². The Hall–Kier alpha value is -2.24. The molecular formula is C26H36N4O2.